The predicted molar refractivity (Wildman–Crippen MR) is 122 cm³/mol. The molecular weight excluding hydrogens is 450 g/mol. The molecule has 144 valence electrons. The summed E-state index contributed by atoms with van der Waals surface area (Å²) in [5.74, 6) is 0.277. The largest absolute Gasteiger partial charge is 0.436 e. The standard InChI is InChI=1S/C22H16BrN3O2S/c1-13-6-2-3-7-15(13)21-25-18-12-14(10-11-19(18)28-21)24-22(29)26-20(27)16-8-4-5-9-17(16)23/h2-12H,1H3,(H2,24,26,27,29). The number of oxazole rings is 1. The molecule has 3 aromatic carbocycles. The van der Waals surface area contributed by atoms with Gasteiger partial charge in [-0.3, -0.25) is 10.1 Å². The summed E-state index contributed by atoms with van der Waals surface area (Å²) in [6.07, 6.45) is 0. The third-order valence-corrected chi connectivity index (χ3v) is 5.26. The molecule has 5 nitrogen and oxygen atoms in total. The third kappa shape index (κ3) is 4.21. The number of thiocarbonyl (C=S) groups is 1. The van der Waals surface area contributed by atoms with E-state index in [1.54, 1.807) is 18.2 Å². The first-order valence-corrected chi connectivity index (χ1v) is 10.0. The fourth-order valence-electron chi connectivity index (χ4n) is 2.91. The molecule has 1 heterocycles. The number of halogens is 1. The van der Waals surface area contributed by atoms with Crippen LogP contribution in [0.5, 0.6) is 0 Å². The molecule has 0 unspecified atom stereocenters. The molecule has 0 saturated heterocycles. The van der Waals surface area contributed by atoms with Crippen LogP contribution in [0, 0.1) is 6.92 Å². The average molecular weight is 466 g/mol. The molecular formula is C22H16BrN3O2S. The Bertz CT molecular complexity index is 1240. The SMILES string of the molecule is Cc1ccccc1-c1nc2cc(NC(=S)NC(=O)c3ccccc3Br)ccc2o1. The molecule has 0 aliphatic carbocycles. The van der Waals surface area contributed by atoms with Crippen molar-refractivity contribution in [2.24, 2.45) is 0 Å². The summed E-state index contributed by atoms with van der Waals surface area (Å²) >= 11 is 8.64. The molecule has 0 saturated carbocycles. The fourth-order valence-corrected chi connectivity index (χ4v) is 3.59. The van der Waals surface area contributed by atoms with Gasteiger partial charge < -0.3 is 9.73 Å². The van der Waals surface area contributed by atoms with Crippen LogP contribution >= 0.6 is 28.1 Å². The number of fused-ring (bicyclic) bond motifs is 1. The van der Waals surface area contributed by atoms with Gasteiger partial charge >= 0.3 is 0 Å². The Hall–Kier alpha value is -3.03. The summed E-state index contributed by atoms with van der Waals surface area (Å²) in [5.41, 5.74) is 4.64. The van der Waals surface area contributed by atoms with Gasteiger partial charge in [0.1, 0.15) is 5.52 Å². The number of nitrogens with zero attached hydrogens (tertiary/aromatic N) is 1. The number of amides is 1. The summed E-state index contributed by atoms with van der Waals surface area (Å²) in [4.78, 5) is 17.0. The molecule has 4 aromatic rings. The molecule has 4 rings (SSSR count). The van der Waals surface area contributed by atoms with Crippen LogP contribution in [0.3, 0.4) is 0 Å². The number of anilines is 1. The van der Waals surface area contributed by atoms with Gasteiger partial charge in [-0.1, -0.05) is 30.3 Å². The zero-order valence-electron chi connectivity index (χ0n) is 15.4. The highest BCUT2D eigenvalue weighted by Gasteiger charge is 2.13. The second-order valence-corrected chi connectivity index (χ2v) is 7.67. The summed E-state index contributed by atoms with van der Waals surface area (Å²) in [6.45, 7) is 2.02. The molecule has 0 aliphatic rings. The maximum Gasteiger partial charge on any atom is 0.258 e. The van der Waals surface area contributed by atoms with E-state index in [0.29, 0.717) is 32.7 Å². The van der Waals surface area contributed by atoms with Crippen molar-refractivity contribution in [1.29, 1.82) is 0 Å². The third-order valence-electron chi connectivity index (χ3n) is 4.37. The molecule has 0 bridgehead atoms. The van der Waals surface area contributed by atoms with E-state index < -0.39 is 0 Å². The van der Waals surface area contributed by atoms with Crippen LogP contribution in [-0.2, 0) is 0 Å². The Morgan fingerprint density at radius 2 is 1.83 bits per heavy atom. The molecule has 0 spiro atoms. The molecule has 1 amide bonds. The van der Waals surface area contributed by atoms with Crippen molar-refractivity contribution in [2.45, 2.75) is 6.92 Å². The van der Waals surface area contributed by atoms with E-state index in [0.717, 1.165) is 11.1 Å². The molecule has 2 N–H and O–H groups in total. The predicted octanol–water partition coefficient (Wildman–Crippen LogP) is 5.69. The second-order valence-electron chi connectivity index (χ2n) is 6.40. The van der Waals surface area contributed by atoms with Crippen molar-refractivity contribution < 1.29 is 9.21 Å². The van der Waals surface area contributed by atoms with Crippen LogP contribution < -0.4 is 10.6 Å². The van der Waals surface area contributed by atoms with Crippen LogP contribution in [0.1, 0.15) is 15.9 Å². The van der Waals surface area contributed by atoms with Gasteiger partial charge in [-0.25, -0.2) is 4.98 Å². The fraction of sp³-hybridized carbons (Fsp3) is 0.0455. The maximum atomic E-state index is 12.4. The number of rotatable bonds is 3. The lowest BCUT2D eigenvalue weighted by Crippen LogP contribution is -2.34. The van der Waals surface area contributed by atoms with Gasteiger partial charge in [0, 0.05) is 15.7 Å². The number of hydrogen-bond donors (Lipinski definition) is 2. The molecule has 0 aliphatic heterocycles. The van der Waals surface area contributed by atoms with Crippen LogP contribution in [0.25, 0.3) is 22.6 Å². The number of carbonyl (C=O) groups is 1. The molecule has 7 heteroatoms. The van der Waals surface area contributed by atoms with Gasteiger partial charge in [0.05, 0.1) is 5.56 Å². The quantitative estimate of drug-likeness (QED) is 0.380. The smallest absolute Gasteiger partial charge is 0.258 e. The zero-order chi connectivity index (χ0) is 20.4. The van der Waals surface area contributed by atoms with E-state index in [-0.39, 0.29) is 11.0 Å². The van der Waals surface area contributed by atoms with Crippen LogP contribution in [0.2, 0.25) is 0 Å². The van der Waals surface area contributed by atoms with E-state index in [1.807, 2.05) is 55.5 Å². The minimum atomic E-state index is -0.292. The van der Waals surface area contributed by atoms with Crippen molar-refractivity contribution in [1.82, 2.24) is 10.3 Å². The van der Waals surface area contributed by atoms with Gasteiger partial charge in [0.15, 0.2) is 10.7 Å². The molecule has 0 fully saturated rings. The van der Waals surface area contributed by atoms with Crippen molar-refractivity contribution in [2.75, 3.05) is 5.32 Å². The van der Waals surface area contributed by atoms with Gasteiger partial charge in [-0.05, 0) is 77.0 Å². The van der Waals surface area contributed by atoms with Crippen LogP contribution in [0.4, 0.5) is 5.69 Å². The second kappa shape index (κ2) is 8.14. The Balaban J connectivity index is 1.51. The van der Waals surface area contributed by atoms with E-state index in [2.05, 4.69) is 31.5 Å². The van der Waals surface area contributed by atoms with E-state index in [4.69, 9.17) is 16.6 Å². The number of carbonyl (C=O) groups excluding carboxylic acids is 1. The summed E-state index contributed by atoms with van der Waals surface area (Å²) in [6, 6.07) is 20.6. The van der Waals surface area contributed by atoms with Gasteiger partial charge in [-0.2, -0.15) is 0 Å². The highest BCUT2D eigenvalue weighted by molar-refractivity contribution is 9.10. The van der Waals surface area contributed by atoms with Crippen molar-refractivity contribution >= 4 is 56.0 Å². The molecule has 29 heavy (non-hydrogen) atoms. The lowest BCUT2D eigenvalue weighted by molar-refractivity contribution is 0.0977. The van der Waals surface area contributed by atoms with E-state index in [9.17, 15) is 4.79 Å². The van der Waals surface area contributed by atoms with E-state index in [1.165, 1.54) is 0 Å². The lowest BCUT2D eigenvalue weighted by Gasteiger charge is -2.10. The Morgan fingerprint density at radius 1 is 1.07 bits per heavy atom. The maximum absolute atomic E-state index is 12.4. The molecule has 1 aromatic heterocycles. The van der Waals surface area contributed by atoms with Crippen molar-refractivity contribution in [3.05, 3.63) is 82.3 Å². The van der Waals surface area contributed by atoms with Crippen molar-refractivity contribution in [3.8, 4) is 11.5 Å². The number of nitrogens with one attached hydrogen (secondary N) is 2. The average Bonchev–Trinajstić information content (AvgIpc) is 3.11. The molecule has 0 radical (unpaired) electrons. The van der Waals surface area contributed by atoms with E-state index >= 15 is 0 Å². The van der Waals surface area contributed by atoms with Crippen molar-refractivity contribution in [3.63, 3.8) is 0 Å². The Kier molecular flexibility index (Phi) is 5.42. The van der Waals surface area contributed by atoms with Gasteiger partial charge in [0.2, 0.25) is 5.89 Å². The lowest BCUT2D eigenvalue weighted by atomic mass is 10.1. The van der Waals surface area contributed by atoms with Crippen LogP contribution in [-0.4, -0.2) is 16.0 Å². The summed E-state index contributed by atoms with van der Waals surface area (Å²) in [5, 5.41) is 5.90. The Labute approximate surface area is 181 Å². The summed E-state index contributed by atoms with van der Waals surface area (Å²) in [7, 11) is 0. The first-order valence-electron chi connectivity index (χ1n) is 8.85. The van der Waals surface area contributed by atoms with Crippen LogP contribution in [0.15, 0.2) is 75.6 Å². The first kappa shape index (κ1) is 19.3. The minimum Gasteiger partial charge on any atom is -0.436 e. The highest BCUT2D eigenvalue weighted by atomic mass is 79.9. The highest BCUT2D eigenvalue weighted by Crippen LogP contribution is 2.28. The number of hydrogen-bond acceptors (Lipinski definition) is 4. The monoisotopic (exact) mass is 465 g/mol. The van der Waals surface area contributed by atoms with Gasteiger partial charge in [-0.15, -0.1) is 0 Å². The molecule has 0 atom stereocenters. The topological polar surface area (TPSA) is 67.2 Å². The number of aromatic nitrogens is 1. The number of benzene rings is 3. The zero-order valence-corrected chi connectivity index (χ0v) is 17.8. The minimum absolute atomic E-state index is 0.202. The summed E-state index contributed by atoms with van der Waals surface area (Å²) < 4.78 is 6.59. The van der Waals surface area contributed by atoms with Gasteiger partial charge in [0.25, 0.3) is 5.91 Å². The first-order chi connectivity index (χ1) is 14.0. The Morgan fingerprint density at radius 3 is 2.62 bits per heavy atom. The number of aryl methyl sites for hydroxylation is 1. The normalized spacial score (nSPS) is 10.7.